The van der Waals surface area contributed by atoms with E-state index in [1.165, 1.54) is 0 Å². The lowest BCUT2D eigenvalue weighted by atomic mass is 10.4. The van der Waals surface area contributed by atoms with E-state index in [1.54, 1.807) is 20.1 Å². The molecule has 6 heteroatoms. The minimum atomic E-state index is 0.587. The maximum absolute atomic E-state index is 5.03. The molecule has 2 aromatic heterocycles. The van der Waals surface area contributed by atoms with Gasteiger partial charge in [0.15, 0.2) is 5.82 Å². The topological polar surface area (TPSA) is 73.1 Å². The van der Waals surface area contributed by atoms with E-state index in [0.717, 1.165) is 5.82 Å². The molecule has 0 aliphatic rings. The summed E-state index contributed by atoms with van der Waals surface area (Å²) >= 11 is 0. The summed E-state index contributed by atoms with van der Waals surface area (Å²) in [4.78, 5) is 8.34. The van der Waals surface area contributed by atoms with Crippen molar-refractivity contribution in [3.63, 3.8) is 0 Å². The third-order valence-electron chi connectivity index (χ3n) is 2.15. The van der Waals surface area contributed by atoms with Crippen LogP contribution in [0.4, 0.5) is 5.82 Å². The molecule has 90 valence electrons. The smallest absolute Gasteiger partial charge is 0.228 e. The van der Waals surface area contributed by atoms with Crippen LogP contribution in [0.2, 0.25) is 0 Å². The minimum Gasteiger partial charge on any atom is -0.481 e. The van der Waals surface area contributed by atoms with Crippen molar-refractivity contribution in [3.8, 4) is 5.88 Å². The molecule has 0 fully saturated rings. The molecular weight excluding hydrogens is 220 g/mol. The molecular formula is C11H14N4O2. The first-order valence-corrected chi connectivity index (χ1v) is 5.32. The Kier molecular flexibility index (Phi) is 3.54. The van der Waals surface area contributed by atoms with Gasteiger partial charge in [-0.05, 0) is 13.0 Å². The Hall–Kier alpha value is -2.11. The van der Waals surface area contributed by atoms with Gasteiger partial charge < -0.3 is 14.6 Å². The Balaban J connectivity index is 1.85. The van der Waals surface area contributed by atoms with Gasteiger partial charge in [0, 0.05) is 19.0 Å². The first-order chi connectivity index (χ1) is 8.28. The lowest BCUT2D eigenvalue weighted by Crippen LogP contribution is -2.06. The van der Waals surface area contributed by atoms with E-state index in [9.17, 15) is 0 Å². The molecule has 6 nitrogen and oxygen atoms in total. The van der Waals surface area contributed by atoms with Crippen LogP contribution in [0, 0.1) is 6.92 Å². The zero-order chi connectivity index (χ0) is 12.1. The standard InChI is InChI=1S/C11H14N4O2/c1-8-13-11(17-15-8)6-7-12-9-4-3-5-10(14-9)16-2/h3-5H,6-7H2,1-2H3,(H,12,14). The van der Waals surface area contributed by atoms with Gasteiger partial charge in [-0.15, -0.1) is 0 Å². The second kappa shape index (κ2) is 5.29. The number of nitrogens with zero attached hydrogens (tertiary/aromatic N) is 3. The fourth-order valence-electron chi connectivity index (χ4n) is 1.37. The number of nitrogens with one attached hydrogen (secondary N) is 1. The highest BCUT2D eigenvalue weighted by Crippen LogP contribution is 2.10. The Labute approximate surface area is 99.0 Å². The molecule has 0 aliphatic heterocycles. The maximum atomic E-state index is 5.03. The van der Waals surface area contributed by atoms with E-state index in [0.29, 0.717) is 30.6 Å². The maximum Gasteiger partial charge on any atom is 0.228 e. The fraction of sp³-hybridized carbons (Fsp3) is 0.364. The molecule has 0 spiro atoms. The van der Waals surface area contributed by atoms with Crippen molar-refractivity contribution in [2.45, 2.75) is 13.3 Å². The van der Waals surface area contributed by atoms with Gasteiger partial charge in [0.1, 0.15) is 5.82 Å². The second-order valence-electron chi connectivity index (χ2n) is 3.48. The Bertz CT molecular complexity index is 484. The van der Waals surface area contributed by atoms with Crippen LogP contribution in [0.5, 0.6) is 5.88 Å². The molecule has 0 aromatic carbocycles. The third-order valence-corrected chi connectivity index (χ3v) is 2.15. The van der Waals surface area contributed by atoms with Crippen molar-refractivity contribution >= 4 is 5.82 Å². The summed E-state index contributed by atoms with van der Waals surface area (Å²) in [5.41, 5.74) is 0. The number of hydrogen-bond donors (Lipinski definition) is 1. The highest BCUT2D eigenvalue weighted by atomic mass is 16.5. The molecule has 0 aliphatic carbocycles. The molecule has 0 bridgehead atoms. The lowest BCUT2D eigenvalue weighted by molar-refractivity contribution is 0.377. The minimum absolute atomic E-state index is 0.587. The van der Waals surface area contributed by atoms with E-state index in [-0.39, 0.29) is 0 Å². The van der Waals surface area contributed by atoms with Crippen LogP contribution < -0.4 is 10.1 Å². The molecule has 0 radical (unpaired) electrons. The molecule has 0 atom stereocenters. The van der Waals surface area contributed by atoms with Gasteiger partial charge in [-0.2, -0.15) is 9.97 Å². The largest absolute Gasteiger partial charge is 0.481 e. The normalized spacial score (nSPS) is 10.2. The number of pyridine rings is 1. The average Bonchev–Trinajstić information content (AvgIpc) is 2.75. The van der Waals surface area contributed by atoms with Crippen LogP contribution in [0.25, 0.3) is 0 Å². The molecule has 2 heterocycles. The predicted molar refractivity (Wildman–Crippen MR) is 62.0 cm³/mol. The molecule has 0 saturated carbocycles. The van der Waals surface area contributed by atoms with Crippen molar-refractivity contribution in [2.75, 3.05) is 19.0 Å². The zero-order valence-corrected chi connectivity index (χ0v) is 9.80. The summed E-state index contributed by atoms with van der Waals surface area (Å²) < 4.78 is 10.0. The number of hydrogen-bond acceptors (Lipinski definition) is 6. The number of rotatable bonds is 5. The molecule has 17 heavy (non-hydrogen) atoms. The van der Waals surface area contributed by atoms with E-state index < -0.39 is 0 Å². The molecule has 1 N–H and O–H groups in total. The summed E-state index contributed by atoms with van der Waals surface area (Å²) in [7, 11) is 1.59. The van der Waals surface area contributed by atoms with Crippen molar-refractivity contribution < 1.29 is 9.26 Å². The van der Waals surface area contributed by atoms with Crippen molar-refractivity contribution in [1.82, 2.24) is 15.1 Å². The van der Waals surface area contributed by atoms with E-state index in [1.807, 2.05) is 12.1 Å². The van der Waals surface area contributed by atoms with Crippen LogP contribution in [0.1, 0.15) is 11.7 Å². The second-order valence-corrected chi connectivity index (χ2v) is 3.48. The number of ether oxygens (including phenoxy) is 1. The fourth-order valence-corrected chi connectivity index (χ4v) is 1.37. The predicted octanol–water partition coefficient (Wildman–Crippen LogP) is 1.44. The number of aromatic nitrogens is 3. The van der Waals surface area contributed by atoms with Crippen LogP contribution >= 0.6 is 0 Å². The number of anilines is 1. The van der Waals surface area contributed by atoms with E-state index in [2.05, 4.69) is 20.4 Å². The van der Waals surface area contributed by atoms with Gasteiger partial charge in [0.25, 0.3) is 0 Å². The summed E-state index contributed by atoms with van der Waals surface area (Å²) in [6, 6.07) is 5.55. The highest BCUT2D eigenvalue weighted by Gasteiger charge is 2.02. The van der Waals surface area contributed by atoms with Gasteiger partial charge >= 0.3 is 0 Å². The third kappa shape index (κ3) is 3.17. The van der Waals surface area contributed by atoms with Gasteiger partial charge in [0.05, 0.1) is 7.11 Å². The van der Waals surface area contributed by atoms with Crippen molar-refractivity contribution in [3.05, 3.63) is 29.9 Å². The lowest BCUT2D eigenvalue weighted by Gasteiger charge is -2.04. The highest BCUT2D eigenvalue weighted by molar-refractivity contribution is 5.36. The first-order valence-electron chi connectivity index (χ1n) is 5.32. The van der Waals surface area contributed by atoms with Crippen LogP contribution in [-0.2, 0) is 6.42 Å². The zero-order valence-electron chi connectivity index (χ0n) is 9.80. The monoisotopic (exact) mass is 234 g/mol. The summed E-state index contributed by atoms with van der Waals surface area (Å²) in [6.07, 6.45) is 0.666. The number of methoxy groups -OCH3 is 1. The van der Waals surface area contributed by atoms with Crippen LogP contribution in [-0.4, -0.2) is 28.8 Å². The summed E-state index contributed by atoms with van der Waals surface area (Å²) in [5.74, 6) is 2.63. The molecule has 0 unspecified atom stereocenters. The molecule has 2 aromatic rings. The first kappa shape index (κ1) is 11.4. The Morgan fingerprint density at radius 2 is 2.24 bits per heavy atom. The van der Waals surface area contributed by atoms with Gasteiger partial charge in [-0.1, -0.05) is 11.2 Å². The van der Waals surface area contributed by atoms with Crippen LogP contribution in [0.15, 0.2) is 22.7 Å². The van der Waals surface area contributed by atoms with Gasteiger partial charge in [0.2, 0.25) is 11.8 Å². The Morgan fingerprint density at radius 1 is 1.35 bits per heavy atom. The SMILES string of the molecule is COc1cccc(NCCc2nc(C)no2)n1. The van der Waals surface area contributed by atoms with Crippen LogP contribution in [0.3, 0.4) is 0 Å². The molecule has 2 rings (SSSR count). The summed E-state index contributed by atoms with van der Waals surface area (Å²) in [6.45, 7) is 2.48. The van der Waals surface area contributed by atoms with E-state index >= 15 is 0 Å². The van der Waals surface area contributed by atoms with Gasteiger partial charge in [-0.3, -0.25) is 0 Å². The molecule has 0 saturated heterocycles. The quantitative estimate of drug-likeness (QED) is 0.843. The van der Waals surface area contributed by atoms with Gasteiger partial charge in [-0.25, -0.2) is 0 Å². The van der Waals surface area contributed by atoms with Crippen molar-refractivity contribution in [1.29, 1.82) is 0 Å². The summed E-state index contributed by atoms with van der Waals surface area (Å²) in [5, 5.41) is 6.88. The number of aryl methyl sites for hydroxylation is 1. The van der Waals surface area contributed by atoms with Crippen molar-refractivity contribution in [2.24, 2.45) is 0 Å². The average molecular weight is 234 g/mol. The molecule has 0 amide bonds. The van der Waals surface area contributed by atoms with E-state index in [4.69, 9.17) is 9.26 Å². The Morgan fingerprint density at radius 3 is 2.94 bits per heavy atom.